The lowest BCUT2D eigenvalue weighted by Gasteiger charge is -2.31. The van der Waals surface area contributed by atoms with Gasteiger partial charge >= 0.3 is 0 Å². The predicted molar refractivity (Wildman–Crippen MR) is 98.4 cm³/mol. The fraction of sp³-hybridized carbons (Fsp3) is 0.632. The maximum absolute atomic E-state index is 11.8. The lowest BCUT2D eigenvalue weighted by molar-refractivity contribution is -0.128. The first-order chi connectivity index (χ1) is 12.0. The van der Waals surface area contributed by atoms with Crippen molar-refractivity contribution in [2.45, 2.75) is 46.1 Å². The van der Waals surface area contributed by atoms with Crippen LogP contribution in [0.1, 0.15) is 40.0 Å². The molecule has 2 aliphatic heterocycles. The molecule has 2 atom stereocenters. The molecule has 0 unspecified atom stereocenters. The van der Waals surface area contributed by atoms with Crippen LogP contribution in [0, 0.1) is 11.8 Å². The van der Waals surface area contributed by atoms with Gasteiger partial charge in [-0.05, 0) is 30.9 Å². The summed E-state index contributed by atoms with van der Waals surface area (Å²) >= 11 is 0. The van der Waals surface area contributed by atoms with Crippen molar-refractivity contribution in [3.63, 3.8) is 0 Å². The molecule has 1 aromatic rings. The van der Waals surface area contributed by atoms with E-state index in [1.807, 2.05) is 30.9 Å². The van der Waals surface area contributed by atoms with E-state index in [-0.39, 0.29) is 17.7 Å². The molecule has 136 valence electrons. The highest BCUT2D eigenvalue weighted by Crippen LogP contribution is 2.32. The average molecular weight is 344 g/mol. The Hall–Kier alpha value is -2.11. The summed E-state index contributed by atoms with van der Waals surface area (Å²) in [7, 11) is 0. The molecular formula is C19H28N4O2. The number of hydrogen-bond acceptors (Lipinski definition) is 4. The minimum absolute atomic E-state index is 0.00252. The third-order valence-corrected chi connectivity index (χ3v) is 5.31. The molecule has 6 heteroatoms. The first-order valence-corrected chi connectivity index (χ1v) is 9.24. The quantitative estimate of drug-likeness (QED) is 0.915. The zero-order valence-electron chi connectivity index (χ0n) is 15.4. The van der Waals surface area contributed by atoms with Gasteiger partial charge in [-0.25, -0.2) is 4.98 Å². The normalized spacial score (nSPS) is 23.4. The van der Waals surface area contributed by atoms with Crippen molar-refractivity contribution in [2.75, 3.05) is 29.9 Å². The highest BCUT2D eigenvalue weighted by Gasteiger charge is 2.39. The van der Waals surface area contributed by atoms with Gasteiger partial charge in [0.2, 0.25) is 11.8 Å². The molecule has 0 aromatic carbocycles. The van der Waals surface area contributed by atoms with Crippen LogP contribution in [-0.2, 0) is 9.59 Å². The van der Waals surface area contributed by atoms with E-state index in [0.29, 0.717) is 12.0 Å². The SMILES string of the molecule is CC(=O)N1C[C@H]2CCCCN(c3ccc(NC(=O)C(C)C)cn3)[C@H]2C1. The number of carbonyl (C=O) groups is 2. The van der Waals surface area contributed by atoms with Gasteiger partial charge in [-0.3, -0.25) is 9.59 Å². The third kappa shape index (κ3) is 3.94. The molecule has 0 aliphatic carbocycles. The molecule has 2 aliphatic rings. The summed E-state index contributed by atoms with van der Waals surface area (Å²) in [6, 6.07) is 4.24. The topological polar surface area (TPSA) is 65.5 Å². The molecule has 1 N–H and O–H groups in total. The van der Waals surface area contributed by atoms with Gasteiger partial charge in [-0.15, -0.1) is 0 Å². The van der Waals surface area contributed by atoms with Gasteiger partial charge in [0.1, 0.15) is 5.82 Å². The van der Waals surface area contributed by atoms with Gasteiger partial charge in [0.25, 0.3) is 0 Å². The Balaban J connectivity index is 1.75. The van der Waals surface area contributed by atoms with E-state index >= 15 is 0 Å². The molecule has 0 spiro atoms. The van der Waals surface area contributed by atoms with E-state index in [4.69, 9.17) is 0 Å². The second-order valence-corrected chi connectivity index (χ2v) is 7.49. The highest BCUT2D eigenvalue weighted by atomic mass is 16.2. The van der Waals surface area contributed by atoms with Crippen LogP contribution in [0.25, 0.3) is 0 Å². The van der Waals surface area contributed by atoms with Crippen LogP contribution in [0.2, 0.25) is 0 Å². The molecule has 0 radical (unpaired) electrons. The Morgan fingerprint density at radius 1 is 1.24 bits per heavy atom. The van der Waals surface area contributed by atoms with Crippen molar-refractivity contribution in [3.8, 4) is 0 Å². The van der Waals surface area contributed by atoms with Crippen molar-refractivity contribution < 1.29 is 9.59 Å². The molecule has 3 heterocycles. The summed E-state index contributed by atoms with van der Waals surface area (Å²) in [5, 5.41) is 2.88. The fourth-order valence-electron chi connectivity index (χ4n) is 3.80. The van der Waals surface area contributed by atoms with Crippen molar-refractivity contribution in [1.82, 2.24) is 9.88 Å². The lowest BCUT2D eigenvalue weighted by atomic mass is 9.98. The Labute approximate surface area is 149 Å². The number of carbonyl (C=O) groups excluding carboxylic acids is 2. The molecule has 0 bridgehead atoms. The maximum atomic E-state index is 11.8. The summed E-state index contributed by atoms with van der Waals surface area (Å²) in [5.41, 5.74) is 0.727. The Bertz CT molecular complexity index is 629. The van der Waals surface area contributed by atoms with Crippen LogP contribution in [0.3, 0.4) is 0 Å². The minimum Gasteiger partial charge on any atom is -0.352 e. The summed E-state index contributed by atoms with van der Waals surface area (Å²) in [4.78, 5) is 32.5. The van der Waals surface area contributed by atoms with Crippen LogP contribution >= 0.6 is 0 Å². The molecule has 6 nitrogen and oxygen atoms in total. The number of aromatic nitrogens is 1. The molecular weight excluding hydrogens is 316 g/mol. The number of hydrogen-bond donors (Lipinski definition) is 1. The maximum Gasteiger partial charge on any atom is 0.226 e. The zero-order chi connectivity index (χ0) is 18.0. The van der Waals surface area contributed by atoms with Crippen molar-refractivity contribution >= 4 is 23.3 Å². The summed E-state index contributed by atoms with van der Waals surface area (Å²) < 4.78 is 0. The van der Waals surface area contributed by atoms with E-state index in [0.717, 1.165) is 37.6 Å². The number of likely N-dealkylation sites (tertiary alicyclic amines) is 1. The largest absolute Gasteiger partial charge is 0.352 e. The Morgan fingerprint density at radius 3 is 2.68 bits per heavy atom. The summed E-state index contributed by atoms with van der Waals surface area (Å²) in [6.07, 6.45) is 5.26. The molecule has 2 saturated heterocycles. The summed E-state index contributed by atoms with van der Waals surface area (Å²) in [6.45, 7) is 8.01. The van der Waals surface area contributed by atoms with Crippen LogP contribution in [-0.4, -0.2) is 47.4 Å². The van der Waals surface area contributed by atoms with Crippen molar-refractivity contribution in [1.29, 1.82) is 0 Å². The van der Waals surface area contributed by atoms with E-state index in [1.165, 1.54) is 12.8 Å². The van der Waals surface area contributed by atoms with Crippen LogP contribution in [0.5, 0.6) is 0 Å². The molecule has 0 saturated carbocycles. The second-order valence-electron chi connectivity index (χ2n) is 7.49. The molecule has 25 heavy (non-hydrogen) atoms. The van der Waals surface area contributed by atoms with Crippen LogP contribution in [0.4, 0.5) is 11.5 Å². The monoisotopic (exact) mass is 344 g/mol. The number of nitrogens with one attached hydrogen (secondary N) is 1. The standard InChI is InChI=1S/C19H28N4O2/c1-13(2)19(25)21-16-7-8-18(20-10-16)23-9-5-4-6-15-11-22(14(3)24)12-17(15)23/h7-8,10,13,15,17H,4-6,9,11-12H2,1-3H3,(H,21,25)/t15-,17+/m1/s1. The van der Waals surface area contributed by atoms with Gasteiger partial charge in [0, 0.05) is 32.5 Å². The third-order valence-electron chi connectivity index (χ3n) is 5.31. The van der Waals surface area contributed by atoms with Gasteiger partial charge in [0.05, 0.1) is 17.9 Å². The molecule has 2 fully saturated rings. The summed E-state index contributed by atoms with van der Waals surface area (Å²) in [5.74, 6) is 1.56. The second kappa shape index (κ2) is 7.42. The zero-order valence-corrected chi connectivity index (χ0v) is 15.4. The van der Waals surface area contributed by atoms with Crippen molar-refractivity contribution in [2.24, 2.45) is 11.8 Å². The van der Waals surface area contributed by atoms with Gasteiger partial charge < -0.3 is 15.1 Å². The number of nitrogens with zero attached hydrogens (tertiary/aromatic N) is 3. The molecule has 1 aromatic heterocycles. The van der Waals surface area contributed by atoms with E-state index < -0.39 is 0 Å². The smallest absolute Gasteiger partial charge is 0.226 e. The lowest BCUT2D eigenvalue weighted by Crippen LogP contribution is -2.41. The van der Waals surface area contributed by atoms with Crippen LogP contribution in [0.15, 0.2) is 18.3 Å². The molecule has 3 rings (SSSR count). The Morgan fingerprint density at radius 2 is 2.04 bits per heavy atom. The van der Waals surface area contributed by atoms with E-state index in [2.05, 4.69) is 15.2 Å². The number of rotatable bonds is 3. The molecule has 2 amide bonds. The van der Waals surface area contributed by atoms with Crippen LogP contribution < -0.4 is 10.2 Å². The first kappa shape index (κ1) is 17.7. The van der Waals surface area contributed by atoms with Crippen molar-refractivity contribution in [3.05, 3.63) is 18.3 Å². The Kier molecular flexibility index (Phi) is 5.25. The predicted octanol–water partition coefficient (Wildman–Crippen LogP) is 2.51. The van der Waals surface area contributed by atoms with Gasteiger partial charge in [-0.1, -0.05) is 20.3 Å². The van der Waals surface area contributed by atoms with Gasteiger partial charge in [0.15, 0.2) is 0 Å². The number of pyridine rings is 1. The minimum atomic E-state index is -0.0536. The highest BCUT2D eigenvalue weighted by molar-refractivity contribution is 5.91. The fourth-order valence-corrected chi connectivity index (χ4v) is 3.80. The van der Waals surface area contributed by atoms with E-state index in [9.17, 15) is 9.59 Å². The number of amides is 2. The van der Waals surface area contributed by atoms with Gasteiger partial charge in [-0.2, -0.15) is 0 Å². The van der Waals surface area contributed by atoms with E-state index in [1.54, 1.807) is 13.1 Å². The number of anilines is 2. The number of fused-ring (bicyclic) bond motifs is 1. The average Bonchev–Trinajstić information content (AvgIpc) is 2.91. The first-order valence-electron chi connectivity index (χ1n) is 9.24.